The van der Waals surface area contributed by atoms with E-state index in [2.05, 4.69) is 133 Å². The van der Waals surface area contributed by atoms with Crippen LogP contribution in [0.15, 0.2) is 194 Å². The molecule has 4 nitrogen and oxygen atoms in total. The van der Waals surface area contributed by atoms with Crippen LogP contribution in [0, 0.1) is 0 Å². The monoisotopic (exact) mass is 768 g/mol. The first-order chi connectivity index (χ1) is 29.2. The fourth-order valence-corrected chi connectivity index (χ4v) is 9.89. The lowest BCUT2D eigenvalue weighted by Crippen LogP contribution is -2.00. The van der Waals surface area contributed by atoms with E-state index >= 15 is 0 Å². The molecule has 0 fully saturated rings. The van der Waals surface area contributed by atoms with E-state index in [4.69, 9.17) is 19.9 Å². The quantitative estimate of drug-likeness (QED) is 0.164. The van der Waals surface area contributed by atoms with E-state index in [0.717, 1.165) is 44.4 Å². The second kappa shape index (κ2) is 13.5. The van der Waals surface area contributed by atoms with E-state index < -0.39 is 0 Å². The van der Waals surface area contributed by atoms with Crippen LogP contribution in [0.3, 0.4) is 0 Å². The molecule has 0 radical (unpaired) electrons. The highest BCUT2D eigenvalue weighted by Crippen LogP contribution is 2.44. The summed E-state index contributed by atoms with van der Waals surface area (Å²) in [7, 11) is 0. The van der Waals surface area contributed by atoms with Crippen molar-refractivity contribution in [3.63, 3.8) is 0 Å². The summed E-state index contributed by atoms with van der Waals surface area (Å²) in [6.45, 7) is 0. The minimum atomic E-state index is 0.627. The average Bonchev–Trinajstić information content (AvgIpc) is 3.72. The number of hydrogen-bond acceptors (Lipinski definition) is 5. The predicted molar refractivity (Wildman–Crippen MR) is 248 cm³/mol. The highest BCUT2D eigenvalue weighted by molar-refractivity contribution is 7.26. The van der Waals surface area contributed by atoms with E-state index in [1.165, 1.54) is 58.1 Å². The molecule has 5 heteroatoms. The summed E-state index contributed by atoms with van der Waals surface area (Å²) in [6.07, 6.45) is 0. The van der Waals surface area contributed by atoms with Crippen molar-refractivity contribution >= 4 is 74.7 Å². The molecule has 0 saturated carbocycles. The molecule has 0 amide bonds. The van der Waals surface area contributed by atoms with Crippen LogP contribution in [0.5, 0.6) is 0 Å². The molecule has 0 atom stereocenters. The maximum atomic E-state index is 5.51. The first-order valence-corrected chi connectivity index (χ1v) is 20.6. The number of pyridine rings is 1. The van der Waals surface area contributed by atoms with Crippen molar-refractivity contribution in [2.45, 2.75) is 0 Å². The van der Waals surface area contributed by atoms with E-state index in [0.29, 0.717) is 17.5 Å². The lowest BCUT2D eigenvalue weighted by atomic mass is 9.92. The minimum Gasteiger partial charge on any atom is -0.247 e. The molecule has 274 valence electrons. The number of hydrogen-bond donors (Lipinski definition) is 0. The zero-order valence-electron chi connectivity index (χ0n) is 31.7. The van der Waals surface area contributed by atoms with Crippen LogP contribution in [0.4, 0.5) is 0 Å². The Bertz CT molecular complexity index is 3500. The second-order valence-electron chi connectivity index (χ2n) is 15.0. The number of benzene rings is 9. The zero-order chi connectivity index (χ0) is 38.9. The van der Waals surface area contributed by atoms with Crippen molar-refractivity contribution in [3.05, 3.63) is 194 Å². The van der Waals surface area contributed by atoms with E-state index in [1.807, 2.05) is 72.0 Å². The summed E-state index contributed by atoms with van der Waals surface area (Å²) in [5.74, 6) is 1.91. The van der Waals surface area contributed by atoms with Gasteiger partial charge in [0.05, 0.1) is 11.2 Å². The third kappa shape index (κ3) is 5.58. The van der Waals surface area contributed by atoms with Gasteiger partial charge in [0.1, 0.15) is 0 Å². The minimum absolute atomic E-state index is 0.627. The van der Waals surface area contributed by atoms with Gasteiger partial charge in [-0.05, 0) is 61.6 Å². The van der Waals surface area contributed by atoms with Gasteiger partial charge in [-0.2, -0.15) is 0 Å². The molecule has 0 aliphatic carbocycles. The molecule has 0 bridgehead atoms. The summed E-state index contributed by atoms with van der Waals surface area (Å²) < 4.78 is 2.50. The van der Waals surface area contributed by atoms with Crippen molar-refractivity contribution in [2.75, 3.05) is 0 Å². The van der Waals surface area contributed by atoms with Crippen LogP contribution in [0.1, 0.15) is 0 Å². The molecule has 3 heterocycles. The van der Waals surface area contributed by atoms with Gasteiger partial charge in [0.25, 0.3) is 0 Å². The van der Waals surface area contributed by atoms with Crippen LogP contribution in [0.25, 0.3) is 120 Å². The molecule has 0 spiro atoms. The highest BCUT2D eigenvalue weighted by Gasteiger charge is 2.19. The highest BCUT2D eigenvalue weighted by atomic mass is 32.1. The van der Waals surface area contributed by atoms with Crippen LogP contribution in [-0.4, -0.2) is 19.9 Å². The molecule has 9 aromatic carbocycles. The van der Waals surface area contributed by atoms with Gasteiger partial charge >= 0.3 is 0 Å². The van der Waals surface area contributed by atoms with Gasteiger partial charge in [0, 0.05) is 47.8 Å². The first-order valence-electron chi connectivity index (χ1n) is 19.8. The zero-order valence-corrected chi connectivity index (χ0v) is 32.5. The fraction of sp³-hybridized carbons (Fsp3) is 0. The Morgan fingerprint density at radius 2 is 0.712 bits per heavy atom. The standard InChI is InChI=1S/C54H32N4S/c1-3-13-34(14-4-1)52-56-53(35-15-5-2-6-16-35)58-54(57-52)36-25-23-33(24-26-36)50-49-45-21-11-12-22-48(45)59-51(49)44-30-28-38(32-47(44)55-50)37-27-29-43-41-19-8-7-17-39(41)40-18-9-10-20-42(40)46(43)31-37/h1-32H. The SMILES string of the molecule is c1ccc(-c2nc(-c3ccccc3)nc(-c3ccc(-c4nc5cc(-c6ccc7c8ccccc8c8ccccc8c7c6)ccc5c5sc6ccccc6c45)cc3)n2)cc1. The number of rotatable bonds is 5. The largest absolute Gasteiger partial charge is 0.247 e. The van der Waals surface area contributed by atoms with Crippen molar-refractivity contribution in [1.82, 2.24) is 19.9 Å². The molecule has 0 aliphatic rings. The lowest BCUT2D eigenvalue weighted by Gasteiger charge is -2.13. The Kier molecular flexibility index (Phi) is 7.68. The molecule has 12 aromatic rings. The lowest BCUT2D eigenvalue weighted by molar-refractivity contribution is 1.07. The van der Waals surface area contributed by atoms with Crippen molar-refractivity contribution < 1.29 is 0 Å². The van der Waals surface area contributed by atoms with Gasteiger partial charge in [-0.3, -0.25) is 0 Å². The Morgan fingerprint density at radius 3 is 1.31 bits per heavy atom. The Hall–Kier alpha value is -7.60. The van der Waals surface area contributed by atoms with E-state index in [1.54, 1.807) is 0 Å². The second-order valence-corrected chi connectivity index (χ2v) is 16.0. The van der Waals surface area contributed by atoms with Gasteiger partial charge in [0.15, 0.2) is 17.5 Å². The summed E-state index contributed by atoms with van der Waals surface area (Å²) in [4.78, 5) is 20.4. The van der Waals surface area contributed by atoms with E-state index in [-0.39, 0.29) is 0 Å². The van der Waals surface area contributed by atoms with Gasteiger partial charge in [0.2, 0.25) is 0 Å². The molecule has 12 rings (SSSR count). The van der Waals surface area contributed by atoms with Gasteiger partial charge in [-0.1, -0.05) is 176 Å². The first kappa shape index (κ1) is 33.5. The number of fused-ring (bicyclic) bond motifs is 11. The van der Waals surface area contributed by atoms with Gasteiger partial charge in [-0.25, -0.2) is 19.9 Å². The molecule has 3 aromatic heterocycles. The Labute approximate surface area is 343 Å². The van der Waals surface area contributed by atoms with Crippen molar-refractivity contribution in [2.24, 2.45) is 0 Å². The molecule has 0 aliphatic heterocycles. The van der Waals surface area contributed by atoms with Crippen molar-refractivity contribution in [3.8, 4) is 56.5 Å². The predicted octanol–water partition coefficient (Wildman–Crippen LogP) is 14.6. The molecule has 0 unspecified atom stereocenters. The summed E-state index contributed by atoms with van der Waals surface area (Å²) in [5, 5.41) is 11.2. The Balaban J connectivity index is 1.01. The summed E-state index contributed by atoms with van der Waals surface area (Å²) in [6, 6.07) is 68.6. The molecule has 59 heavy (non-hydrogen) atoms. The van der Waals surface area contributed by atoms with Crippen LogP contribution >= 0.6 is 11.3 Å². The molecule has 0 N–H and O–H groups in total. The average molecular weight is 769 g/mol. The van der Waals surface area contributed by atoms with Crippen molar-refractivity contribution in [1.29, 1.82) is 0 Å². The normalized spacial score (nSPS) is 11.7. The fourth-order valence-electron chi connectivity index (χ4n) is 8.65. The third-order valence-electron chi connectivity index (χ3n) is 11.5. The van der Waals surface area contributed by atoms with Crippen LogP contribution in [0.2, 0.25) is 0 Å². The number of thiophene rings is 1. The summed E-state index contributed by atoms with van der Waals surface area (Å²) >= 11 is 1.84. The number of nitrogens with zero attached hydrogens (tertiary/aromatic N) is 4. The van der Waals surface area contributed by atoms with Gasteiger partial charge < -0.3 is 0 Å². The smallest absolute Gasteiger partial charge is 0.164 e. The maximum Gasteiger partial charge on any atom is 0.164 e. The third-order valence-corrected chi connectivity index (χ3v) is 12.7. The molecular weight excluding hydrogens is 737 g/mol. The van der Waals surface area contributed by atoms with Gasteiger partial charge in [-0.15, -0.1) is 11.3 Å². The molecular formula is C54H32N4S. The Morgan fingerprint density at radius 1 is 0.288 bits per heavy atom. The van der Waals surface area contributed by atoms with Crippen LogP contribution < -0.4 is 0 Å². The van der Waals surface area contributed by atoms with E-state index in [9.17, 15) is 0 Å². The maximum absolute atomic E-state index is 5.51. The van der Waals surface area contributed by atoms with Crippen LogP contribution in [-0.2, 0) is 0 Å². The summed E-state index contributed by atoms with van der Waals surface area (Å²) in [5.41, 5.74) is 8.10. The number of aromatic nitrogens is 4. The topological polar surface area (TPSA) is 51.6 Å². The molecule has 0 saturated heterocycles.